The lowest BCUT2D eigenvalue weighted by Crippen LogP contribution is -2.11. The molecule has 0 aliphatic rings. The van der Waals surface area contributed by atoms with Crippen LogP contribution < -0.4 is 5.32 Å². The maximum absolute atomic E-state index is 11.4. The van der Waals surface area contributed by atoms with Crippen LogP contribution >= 0.6 is 0 Å². The van der Waals surface area contributed by atoms with Crippen LogP contribution in [-0.4, -0.2) is 38.3 Å². The summed E-state index contributed by atoms with van der Waals surface area (Å²) in [6.07, 6.45) is 2.48. The zero-order valence-corrected chi connectivity index (χ0v) is 9.53. The second-order valence-electron chi connectivity index (χ2n) is 3.16. The van der Waals surface area contributed by atoms with Gasteiger partial charge in [0.2, 0.25) is 0 Å². The van der Waals surface area contributed by atoms with E-state index < -0.39 is 0 Å². The number of esters is 1. The van der Waals surface area contributed by atoms with E-state index in [0.29, 0.717) is 24.5 Å². The normalized spacial score (nSPS) is 9.88. The highest BCUT2D eigenvalue weighted by molar-refractivity contribution is 5.94. The summed E-state index contributed by atoms with van der Waals surface area (Å²) in [4.78, 5) is 15.5. The first-order valence-corrected chi connectivity index (χ1v) is 5.05. The van der Waals surface area contributed by atoms with Crippen LogP contribution in [0.2, 0.25) is 0 Å². The standard InChI is InChI=1S/C11H16N2O3/c1-15-8-4-7-13-10-9(11(14)16-2)5-3-6-12-10/h3,5-6H,4,7-8H2,1-2H3,(H,12,13). The van der Waals surface area contributed by atoms with Crippen molar-refractivity contribution in [1.29, 1.82) is 0 Å². The number of methoxy groups -OCH3 is 2. The zero-order chi connectivity index (χ0) is 11.8. The SMILES string of the molecule is COCCCNc1ncccc1C(=O)OC. The summed E-state index contributed by atoms with van der Waals surface area (Å²) >= 11 is 0. The number of carbonyl (C=O) groups is 1. The van der Waals surface area contributed by atoms with Gasteiger partial charge in [-0.05, 0) is 18.6 Å². The lowest BCUT2D eigenvalue weighted by atomic mass is 10.2. The second kappa shape index (κ2) is 6.79. The molecule has 0 saturated heterocycles. The van der Waals surface area contributed by atoms with Gasteiger partial charge >= 0.3 is 5.97 Å². The molecule has 0 amide bonds. The van der Waals surface area contributed by atoms with E-state index >= 15 is 0 Å². The Balaban J connectivity index is 2.60. The fourth-order valence-corrected chi connectivity index (χ4v) is 1.24. The Morgan fingerprint density at radius 3 is 3.00 bits per heavy atom. The molecule has 88 valence electrons. The molecule has 1 rings (SSSR count). The van der Waals surface area contributed by atoms with Crippen LogP contribution in [0.4, 0.5) is 5.82 Å². The highest BCUT2D eigenvalue weighted by atomic mass is 16.5. The Hall–Kier alpha value is -1.62. The third-order valence-electron chi connectivity index (χ3n) is 2.03. The van der Waals surface area contributed by atoms with Gasteiger partial charge in [0, 0.05) is 26.5 Å². The summed E-state index contributed by atoms with van der Waals surface area (Å²) in [6.45, 7) is 1.38. The Morgan fingerprint density at radius 2 is 2.31 bits per heavy atom. The minimum atomic E-state index is -0.387. The second-order valence-corrected chi connectivity index (χ2v) is 3.16. The molecule has 5 nitrogen and oxygen atoms in total. The smallest absolute Gasteiger partial charge is 0.341 e. The predicted molar refractivity (Wildman–Crippen MR) is 60.6 cm³/mol. The van der Waals surface area contributed by atoms with E-state index in [1.807, 2.05) is 0 Å². The molecule has 0 radical (unpaired) electrons. The summed E-state index contributed by atoms with van der Waals surface area (Å²) in [5, 5.41) is 3.07. The van der Waals surface area contributed by atoms with E-state index in [9.17, 15) is 4.79 Å². The van der Waals surface area contributed by atoms with Crippen molar-refractivity contribution in [2.24, 2.45) is 0 Å². The third-order valence-corrected chi connectivity index (χ3v) is 2.03. The van der Waals surface area contributed by atoms with Crippen molar-refractivity contribution in [3.8, 4) is 0 Å². The van der Waals surface area contributed by atoms with E-state index in [0.717, 1.165) is 6.42 Å². The number of ether oxygens (including phenoxy) is 2. The number of nitrogens with zero attached hydrogens (tertiary/aromatic N) is 1. The van der Waals surface area contributed by atoms with Crippen molar-refractivity contribution in [2.75, 3.05) is 32.7 Å². The molecular weight excluding hydrogens is 208 g/mol. The highest BCUT2D eigenvalue weighted by Crippen LogP contribution is 2.12. The fraction of sp³-hybridized carbons (Fsp3) is 0.455. The molecule has 0 fully saturated rings. The van der Waals surface area contributed by atoms with Crippen molar-refractivity contribution in [3.05, 3.63) is 23.9 Å². The molecule has 1 N–H and O–H groups in total. The average Bonchev–Trinajstić information content (AvgIpc) is 2.34. The molecule has 0 atom stereocenters. The van der Waals surface area contributed by atoms with E-state index in [4.69, 9.17) is 4.74 Å². The molecule has 0 bridgehead atoms. The van der Waals surface area contributed by atoms with Gasteiger partial charge in [-0.15, -0.1) is 0 Å². The third kappa shape index (κ3) is 3.51. The van der Waals surface area contributed by atoms with E-state index in [2.05, 4.69) is 15.0 Å². The summed E-state index contributed by atoms with van der Waals surface area (Å²) < 4.78 is 9.59. The van der Waals surface area contributed by atoms with Gasteiger partial charge in [0.15, 0.2) is 0 Å². The molecule has 0 spiro atoms. The van der Waals surface area contributed by atoms with Crippen LogP contribution in [0.3, 0.4) is 0 Å². The monoisotopic (exact) mass is 224 g/mol. The molecule has 0 aliphatic heterocycles. The summed E-state index contributed by atoms with van der Waals surface area (Å²) in [5.74, 6) is 0.160. The first kappa shape index (κ1) is 12.4. The lowest BCUT2D eigenvalue weighted by Gasteiger charge is -2.08. The van der Waals surface area contributed by atoms with Crippen LogP contribution in [-0.2, 0) is 9.47 Å². The molecule has 1 aromatic rings. The summed E-state index contributed by atoms with van der Waals surface area (Å²) in [5.41, 5.74) is 0.447. The van der Waals surface area contributed by atoms with E-state index in [-0.39, 0.29) is 5.97 Å². The number of anilines is 1. The number of rotatable bonds is 6. The van der Waals surface area contributed by atoms with Gasteiger partial charge in [0.05, 0.1) is 7.11 Å². The molecule has 0 saturated carbocycles. The van der Waals surface area contributed by atoms with Gasteiger partial charge in [-0.25, -0.2) is 9.78 Å². The van der Waals surface area contributed by atoms with E-state index in [1.54, 1.807) is 25.4 Å². The van der Waals surface area contributed by atoms with Gasteiger partial charge in [0.1, 0.15) is 11.4 Å². The lowest BCUT2D eigenvalue weighted by molar-refractivity contribution is 0.0601. The van der Waals surface area contributed by atoms with Crippen LogP contribution in [0.1, 0.15) is 16.8 Å². The highest BCUT2D eigenvalue weighted by Gasteiger charge is 2.11. The molecular formula is C11H16N2O3. The topological polar surface area (TPSA) is 60.5 Å². The fourth-order valence-electron chi connectivity index (χ4n) is 1.24. The Labute approximate surface area is 94.8 Å². The molecule has 0 aromatic carbocycles. The first-order valence-electron chi connectivity index (χ1n) is 5.05. The van der Waals surface area contributed by atoms with Crippen molar-refractivity contribution < 1.29 is 14.3 Å². The summed E-state index contributed by atoms with van der Waals surface area (Å²) in [7, 11) is 3.00. The molecule has 1 aromatic heterocycles. The maximum atomic E-state index is 11.4. The molecule has 16 heavy (non-hydrogen) atoms. The van der Waals surface area contributed by atoms with Crippen molar-refractivity contribution in [2.45, 2.75) is 6.42 Å². The van der Waals surface area contributed by atoms with Crippen LogP contribution in [0, 0.1) is 0 Å². The zero-order valence-electron chi connectivity index (χ0n) is 9.53. The minimum absolute atomic E-state index is 0.387. The first-order chi connectivity index (χ1) is 7.79. The number of hydrogen-bond acceptors (Lipinski definition) is 5. The van der Waals surface area contributed by atoms with Crippen LogP contribution in [0.25, 0.3) is 0 Å². The molecule has 0 aliphatic carbocycles. The minimum Gasteiger partial charge on any atom is -0.465 e. The number of hydrogen-bond donors (Lipinski definition) is 1. The largest absolute Gasteiger partial charge is 0.465 e. The predicted octanol–water partition coefficient (Wildman–Crippen LogP) is 1.32. The van der Waals surface area contributed by atoms with Gasteiger partial charge in [0.25, 0.3) is 0 Å². The summed E-state index contributed by atoms with van der Waals surface area (Å²) in [6, 6.07) is 3.38. The average molecular weight is 224 g/mol. The van der Waals surface area contributed by atoms with Crippen molar-refractivity contribution in [1.82, 2.24) is 4.98 Å². The number of carbonyl (C=O) groups excluding carboxylic acids is 1. The molecule has 5 heteroatoms. The van der Waals surface area contributed by atoms with Crippen LogP contribution in [0.5, 0.6) is 0 Å². The van der Waals surface area contributed by atoms with Gasteiger partial charge in [-0.3, -0.25) is 0 Å². The van der Waals surface area contributed by atoms with Gasteiger partial charge in [-0.1, -0.05) is 0 Å². The molecule has 0 unspecified atom stereocenters. The van der Waals surface area contributed by atoms with Crippen LogP contribution in [0.15, 0.2) is 18.3 Å². The maximum Gasteiger partial charge on any atom is 0.341 e. The molecule has 1 heterocycles. The quantitative estimate of drug-likeness (QED) is 0.583. The van der Waals surface area contributed by atoms with E-state index in [1.165, 1.54) is 7.11 Å². The number of nitrogens with one attached hydrogen (secondary N) is 1. The van der Waals surface area contributed by atoms with Crippen molar-refractivity contribution >= 4 is 11.8 Å². The Bertz CT molecular complexity index is 342. The van der Waals surface area contributed by atoms with Gasteiger partial charge in [-0.2, -0.15) is 0 Å². The Morgan fingerprint density at radius 1 is 1.50 bits per heavy atom. The van der Waals surface area contributed by atoms with Crippen molar-refractivity contribution in [3.63, 3.8) is 0 Å². The Kier molecular flexibility index (Phi) is 5.28. The number of pyridine rings is 1. The van der Waals surface area contributed by atoms with Gasteiger partial charge < -0.3 is 14.8 Å². The number of aromatic nitrogens is 1.